The van der Waals surface area contributed by atoms with Gasteiger partial charge in [0.2, 0.25) is 0 Å². The summed E-state index contributed by atoms with van der Waals surface area (Å²) < 4.78 is 10.6. The molecule has 1 amide bonds. The van der Waals surface area contributed by atoms with Gasteiger partial charge in [0.05, 0.1) is 12.3 Å². The minimum absolute atomic E-state index is 0.113. The third kappa shape index (κ3) is 5.15. The van der Waals surface area contributed by atoms with Crippen molar-refractivity contribution in [2.45, 2.75) is 13.5 Å². The third-order valence-electron chi connectivity index (χ3n) is 3.93. The maximum absolute atomic E-state index is 12.6. The Morgan fingerprint density at radius 2 is 1.93 bits per heavy atom. The number of ether oxygens (including phenoxy) is 2. The number of aryl methyl sites for hydroxylation is 1. The molecule has 3 rings (SSSR count). The fourth-order valence-electron chi connectivity index (χ4n) is 2.56. The Kier molecular flexibility index (Phi) is 6.57. The van der Waals surface area contributed by atoms with Crippen molar-refractivity contribution >= 4 is 17.2 Å². The molecule has 0 saturated carbocycles. The molecule has 0 aliphatic carbocycles. The quantitative estimate of drug-likeness (QED) is 0.597. The third-order valence-corrected chi connectivity index (χ3v) is 5.14. The van der Waals surface area contributed by atoms with E-state index in [1.165, 1.54) is 11.3 Å². The fourth-order valence-corrected chi connectivity index (χ4v) is 3.55. The molecular weight excluding hydrogens is 360 g/mol. The SMILES string of the molecule is COCCOc1cccc(CNC(=O)c2sc(-c3ccccc3)nc2C)c1. The summed E-state index contributed by atoms with van der Waals surface area (Å²) in [5.74, 6) is 0.650. The summed E-state index contributed by atoms with van der Waals surface area (Å²) in [6.45, 7) is 3.32. The van der Waals surface area contributed by atoms with Crippen molar-refractivity contribution in [1.82, 2.24) is 10.3 Å². The van der Waals surface area contributed by atoms with Crippen LogP contribution in [0.4, 0.5) is 0 Å². The van der Waals surface area contributed by atoms with Gasteiger partial charge in [-0.15, -0.1) is 11.3 Å². The molecule has 0 fully saturated rings. The molecule has 27 heavy (non-hydrogen) atoms. The lowest BCUT2D eigenvalue weighted by Crippen LogP contribution is -2.22. The molecule has 3 aromatic rings. The molecule has 1 aromatic heterocycles. The predicted octanol–water partition coefficient (Wildman–Crippen LogP) is 4.07. The number of hydrogen-bond donors (Lipinski definition) is 1. The highest BCUT2D eigenvalue weighted by atomic mass is 32.1. The number of nitrogens with one attached hydrogen (secondary N) is 1. The number of carbonyl (C=O) groups excluding carboxylic acids is 1. The van der Waals surface area contributed by atoms with E-state index < -0.39 is 0 Å². The van der Waals surface area contributed by atoms with E-state index in [1.54, 1.807) is 7.11 Å². The van der Waals surface area contributed by atoms with Crippen LogP contribution in [-0.4, -0.2) is 31.2 Å². The topological polar surface area (TPSA) is 60.5 Å². The maximum atomic E-state index is 12.6. The Bertz CT molecular complexity index is 893. The molecule has 0 aliphatic rings. The molecule has 2 aromatic carbocycles. The van der Waals surface area contributed by atoms with Gasteiger partial charge in [0.1, 0.15) is 22.2 Å². The largest absolute Gasteiger partial charge is 0.491 e. The van der Waals surface area contributed by atoms with E-state index in [-0.39, 0.29) is 5.91 Å². The zero-order valence-corrected chi connectivity index (χ0v) is 16.2. The zero-order chi connectivity index (χ0) is 19.1. The van der Waals surface area contributed by atoms with Crippen LogP contribution in [0.5, 0.6) is 5.75 Å². The van der Waals surface area contributed by atoms with Crippen LogP contribution in [-0.2, 0) is 11.3 Å². The molecule has 1 heterocycles. The molecule has 0 atom stereocenters. The van der Waals surface area contributed by atoms with E-state index in [9.17, 15) is 4.79 Å². The molecule has 0 unspecified atom stereocenters. The van der Waals surface area contributed by atoms with Crippen molar-refractivity contribution in [3.05, 3.63) is 70.7 Å². The van der Waals surface area contributed by atoms with Gasteiger partial charge in [0, 0.05) is 19.2 Å². The maximum Gasteiger partial charge on any atom is 0.263 e. The molecule has 0 bridgehead atoms. The molecule has 5 nitrogen and oxygen atoms in total. The van der Waals surface area contributed by atoms with Gasteiger partial charge in [-0.25, -0.2) is 4.98 Å². The summed E-state index contributed by atoms with van der Waals surface area (Å²) in [6.07, 6.45) is 0. The van der Waals surface area contributed by atoms with Crippen LogP contribution >= 0.6 is 11.3 Å². The van der Waals surface area contributed by atoms with Gasteiger partial charge in [-0.2, -0.15) is 0 Å². The minimum atomic E-state index is -0.113. The first-order valence-electron chi connectivity index (χ1n) is 8.69. The molecule has 0 spiro atoms. The van der Waals surface area contributed by atoms with E-state index >= 15 is 0 Å². The summed E-state index contributed by atoms with van der Waals surface area (Å²) in [7, 11) is 1.64. The van der Waals surface area contributed by atoms with Gasteiger partial charge in [-0.05, 0) is 24.6 Å². The van der Waals surface area contributed by atoms with E-state index in [0.717, 1.165) is 27.6 Å². The number of methoxy groups -OCH3 is 1. The highest BCUT2D eigenvalue weighted by Gasteiger charge is 2.16. The van der Waals surface area contributed by atoms with E-state index in [0.29, 0.717) is 24.6 Å². The van der Waals surface area contributed by atoms with E-state index in [4.69, 9.17) is 9.47 Å². The Balaban J connectivity index is 1.63. The van der Waals surface area contributed by atoms with Crippen LogP contribution in [0.1, 0.15) is 20.9 Å². The van der Waals surface area contributed by atoms with Crippen molar-refractivity contribution in [2.24, 2.45) is 0 Å². The molecule has 0 saturated heterocycles. The van der Waals surface area contributed by atoms with Gasteiger partial charge in [-0.1, -0.05) is 42.5 Å². The second-order valence-electron chi connectivity index (χ2n) is 5.97. The summed E-state index contributed by atoms with van der Waals surface area (Å²) in [5, 5.41) is 3.82. The average Bonchev–Trinajstić information content (AvgIpc) is 3.09. The molecule has 0 aliphatic heterocycles. The summed E-state index contributed by atoms with van der Waals surface area (Å²) in [4.78, 5) is 17.8. The standard InChI is InChI=1S/C21H22N2O3S/c1-15-19(27-21(23-15)17-8-4-3-5-9-17)20(24)22-14-16-7-6-10-18(13-16)26-12-11-25-2/h3-10,13H,11-12,14H2,1-2H3,(H,22,24). The van der Waals surface area contributed by atoms with Crippen molar-refractivity contribution in [2.75, 3.05) is 20.3 Å². The first-order chi connectivity index (χ1) is 13.2. The summed E-state index contributed by atoms with van der Waals surface area (Å²) in [6, 6.07) is 17.6. The summed E-state index contributed by atoms with van der Waals surface area (Å²) in [5.41, 5.74) is 2.74. The second kappa shape index (κ2) is 9.30. The number of amides is 1. The first kappa shape index (κ1) is 19.1. The molecular formula is C21H22N2O3S. The Hall–Kier alpha value is -2.70. The Labute approximate surface area is 163 Å². The molecule has 0 radical (unpaired) electrons. The molecule has 140 valence electrons. The number of carbonyl (C=O) groups is 1. The predicted molar refractivity (Wildman–Crippen MR) is 107 cm³/mol. The Morgan fingerprint density at radius 1 is 1.11 bits per heavy atom. The number of rotatable bonds is 8. The molecule has 1 N–H and O–H groups in total. The zero-order valence-electron chi connectivity index (χ0n) is 15.4. The van der Waals surface area contributed by atoms with Gasteiger partial charge >= 0.3 is 0 Å². The van der Waals surface area contributed by atoms with Crippen LogP contribution in [0.15, 0.2) is 54.6 Å². The Morgan fingerprint density at radius 3 is 2.70 bits per heavy atom. The lowest BCUT2D eigenvalue weighted by atomic mass is 10.2. The lowest BCUT2D eigenvalue weighted by Gasteiger charge is -2.08. The number of nitrogens with zero attached hydrogens (tertiary/aromatic N) is 1. The lowest BCUT2D eigenvalue weighted by molar-refractivity contribution is 0.0954. The highest BCUT2D eigenvalue weighted by Crippen LogP contribution is 2.27. The minimum Gasteiger partial charge on any atom is -0.491 e. The van der Waals surface area contributed by atoms with Crippen molar-refractivity contribution < 1.29 is 14.3 Å². The van der Waals surface area contributed by atoms with Crippen molar-refractivity contribution in [3.8, 4) is 16.3 Å². The van der Waals surface area contributed by atoms with Crippen LogP contribution in [0.2, 0.25) is 0 Å². The number of aromatic nitrogens is 1. The van der Waals surface area contributed by atoms with Crippen molar-refractivity contribution in [1.29, 1.82) is 0 Å². The van der Waals surface area contributed by atoms with Gasteiger partial charge in [-0.3, -0.25) is 4.79 Å². The van der Waals surface area contributed by atoms with Crippen LogP contribution in [0, 0.1) is 6.92 Å². The monoisotopic (exact) mass is 382 g/mol. The highest BCUT2D eigenvalue weighted by molar-refractivity contribution is 7.17. The number of thiazole rings is 1. The molecule has 6 heteroatoms. The van der Waals surface area contributed by atoms with Crippen LogP contribution in [0.3, 0.4) is 0 Å². The van der Waals surface area contributed by atoms with E-state index in [1.807, 2.05) is 61.5 Å². The summed E-state index contributed by atoms with van der Waals surface area (Å²) >= 11 is 1.41. The van der Waals surface area contributed by atoms with Gasteiger partial charge in [0.15, 0.2) is 0 Å². The normalized spacial score (nSPS) is 10.6. The fraction of sp³-hybridized carbons (Fsp3) is 0.238. The number of benzene rings is 2. The second-order valence-corrected chi connectivity index (χ2v) is 6.97. The van der Waals surface area contributed by atoms with Crippen LogP contribution < -0.4 is 10.1 Å². The smallest absolute Gasteiger partial charge is 0.263 e. The number of hydrogen-bond acceptors (Lipinski definition) is 5. The van der Waals surface area contributed by atoms with E-state index in [2.05, 4.69) is 10.3 Å². The average molecular weight is 382 g/mol. The first-order valence-corrected chi connectivity index (χ1v) is 9.50. The van der Waals surface area contributed by atoms with Crippen LogP contribution in [0.25, 0.3) is 10.6 Å². The van der Waals surface area contributed by atoms with Crippen molar-refractivity contribution in [3.63, 3.8) is 0 Å². The van der Waals surface area contributed by atoms with Gasteiger partial charge < -0.3 is 14.8 Å². The van der Waals surface area contributed by atoms with Gasteiger partial charge in [0.25, 0.3) is 5.91 Å².